The van der Waals surface area contributed by atoms with Crippen LogP contribution >= 0.6 is 0 Å². The Hall–Kier alpha value is -1.78. The number of hydrogen-bond donors (Lipinski definition) is 2. The molecule has 0 saturated heterocycles. The van der Waals surface area contributed by atoms with Gasteiger partial charge in [0.25, 0.3) is 0 Å². The first kappa shape index (κ1) is 17.3. The van der Waals surface area contributed by atoms with Gasteiger partial charge in [-0.1, -0.05) is 19.8 Å². The number of carbonyl (C=O) groups is 1. The summed E-state index contributed by atoms with van der Waals surface area (Å²) in [6.45, 7) is 8.24. The summed E-state index contributed by atoms with van der Waals surface area (Å²) in [5.74, 6) is -0.486. The number of amides is 1. The molecule has 0 aromatic heterocycles. The van der Waals surface area contributed by atoms with E-state index in [4.69, 9.17) is 4.74 Å². The van der Waals surface area contributed by atoms with Gasteiger partial charge in [0.05, 0.1) is 5.69 Å². The minimum Gasteiger partial charge on any atom is -0.444 e. The number of ether oxygens (including phenoxy) is 1. The molecule has 0 aliphatic heterocycles. The minimum absolute atomic E-state index is 0.116. The van der Waals surface area contributed by atoms with Gasteiger partial charge in [-0.3, -0.25) is 5.32 Å². The number of halogens is 1. The predicted molar refractivity (Wildman–Crippen MR) is 84.3 cm³/mol. The third-order valence-electron chi connectivity index (χ3n) is 2.71. The zero-order valence-corrected chi connectivity index (χ0v) is 13.3. The Morgan fingerprint density at radius 3 is 2.62 bits per heavy atom. The summed E-state index contributed by atoms with van der Waals surface area (Å²) < 4.78 is 18.8. The van der Waals surface area contributed by atoms with Crippen LogP contribution < -0.4 is 10.6 Å². The van der Waals surface area contributed by atoms with Crippen molar-refractivity contribution in [3.8, 4) is 0 Å². The average molecular weight is 296 g/mol. The molecule has 2 N–H and O–H groups in total. The van der Waals surface area contributed by atoms with Crippen LogP contribution in [0.25, 0.3) is 0 Å². The van der Waals surface area contributed by atoms with Gasteiger partial charge < -0.3 is 10.1 Å². The zero-order valence-electron chi connectivity index (χ0n) is 13.3. The molecule has 0 fully saturated rings. The Kier molecular flexibility index (Phi) is 6.46. The molecule has 0 heterocycles. The summed E-state index contributed by atoms with van der Waals surface area (Å²) in [4.78, 5) is 11.7. The van der Waals surface area contributed by atoms with E-state index in [1.165, 1.54) is 6.07 Å². The normalized spacial score (nSPS) is 11.1. The van der Waals surface area contributed by atoms with Crippen molar-refractivity contribution in [3.63, 3.8) is 0 Å². The highest BCUT2D eigenvalue weighted by atomic mass is 19.1. The van der Waals surface area contributed by atoms with Crippen molar-refractivity contribution in [1.82, 2.24) is 0 Å². The van der Waals surface area contributed by atoms with Gasteiger partial charge in [0.15, 0.2) is 0 Å². The molecule has 5 heteroatoms. The summed E-state index contributed by atoms with van der Waals surface area (Å²) in [6, 6.07) is 4.56. The van der Waals surface area contributed by atoms with Crippen LogP contribution in [0.3, 0.4) is 0 Å². The number of anilines is 2. The SMILES string of the molecule is CCCCCNc1ccc(F)c(NC(=O)OC(C)(C)C)c1. The Morgan fingerprint density at radius 2 is 2.00 bits per heavy atom. The van der Waals surface area contributed by atoms with Gasteiger partial charge in [-0.25, -0.2) is 9.18 Å². The number of carbonyl (C=O) groups excluding carboxylic acids is 1. The highest BCUT2D eigenvalue weighted by molar-refractivity contribution is 5.85. The number of nitrogens with one attached hydrogen (secondary N) is 2. The molecule has 0 atom stereocenters. The quantitative estimate of drug-likeness (QED) is 0.743. The van der Waals surface area contributed by atoms with Crippen LogP contribution in [-0.4, -0.2) is 18.2 Å². The van der Waals surface area contributed by atoms with E-state index < -0.39 is 17.5 Å². The fourth-order valence-electron chi connectivity index (χ4n) is 1.75. The highest BCUT2D eigenvalue weighted by Crippen LogP contribution is 2.20. The number of unbranched alkanes of at least 4 members (excludes halogenated alkanes) is 2. The van der Waals surface area contributed by atoms with Gasteiger partial charge in [0.1, 0.15) is 11.4 Å². The Labute approximate surface area is 126 Å². The second kappa shape index (κ2) is 7.86. The molecule has 1 aromatic rings. The maximum atomic E-state index is 13.7. The molecular weight excluding hydrogens is 271 g/mol. The lowest BCUT2D eigenvalue weighted by molar-refractivity contribution is 0.0635. The Bertz CT molecular complexity index is 470. The fraction of sp³-hybridized carbons (Fsp3) is 0.562. The van der Waals surface area contributed by atoms with E-state index in [-0.39, 0.29) is 5.69 Å². The number of rotatable bonds is 6. The van der Waals surface area contributed by atoms with E-state index >= 15 is 0 Å². The monoisotopic (exact) mass is 296 g/mol. The van der Waals surface area contributed by atoms with Crippen molar-refractivity contribution in [2.45, 2.75) is 52.6 Å². The fourth-order valence-corrected chi connectivity index (χ4v) is 1.75. The zero-order chi connectivity index (χ0) is 15.9. The molecule has 4 nitrogen and oxygen atoms in total. The van der Waals surface area contributed by atoms with Gasteiger partial charge in [0, 0.05) is 12.2 Å². The maximum absolute atomic E-state index is 13.7. The van der Waals surface area contributed by atoms with E-state index in [1.807, 2.05) is 0 Å². The molecule has 118 valence electrons. The van der Waals surface area contributed by atoms with Crippen LogP contribution in [0.15, 0.2) is 18.2 Å². The van der Waals surface area contributed by atoms with Crippen molar-refractivity contribution in [2.24, 2.45) is 0 Å². The van der Waals surface area contributed by atoms with E-state index in [0.717, 1.165) is 31.5 Å². The van der Waals surface area contributed by atoms with E-state index in [9.17, 15) is 9.18 Å². The van der Waals surface area contributed by atoms with Gasteiger partial charge >= 0.3 is 6.09 Å². The van der Waals surface area contributed by atoms with Gasteiger partial charge in [0.2, 0.25) is 0 Å². The van der Waals surface area contributed by atoms with Gasteiger partial charge in [-0.15, -0.1) is 0 Å². The molecule has 0 bridgehead atoms. The van der Waals surface area contributed by atoms with Crippen molar-refractivity contribution in [2.75, 3.05) is 17.2 Å². The summed E-state index contributed by atoms with van der Waals surface area (Å²) in [6.07, 6.45) is 2.70. The lowest BCUT2D eigenvalue weighted by Crippen LogP contribution is -2.27. The third-order valence-corrected chi connectivity index (χ3v) is 2.71. The van der Waals surface area contributed by atoms with Crippen molar-refractivity contribution < 1.29 is 13.9 Å². The number of hydrogen-bond acceptors (Lipinski definition) is 3. The molecule has 21 heavy (non-hydrogen) atoms. The van der Waals surface area contributed by atoms with Crippen LogP contribution in [0.4, 0.5) is 20.6 Å². The van der Waals surface area contributed by atoms with Crippen LogP contribution in [0.5, 0.6) is 0 Å². The minimum atomic E-state index is -0.662. The molecule has 0 radical (unpaired) electrons. The predicted octanol–water partition coefficient (Wildman–Crippen LogP) is 4.77. The van der Waals surface area contributed by atoms with Crippen LogP contribution in [0, 0.1) is 5.82 Å². The maximum Gasteiger partial charge on any atom is 0.412 e. The highest BCUT2D eigenvalue weighted by Gasteiger charge is 2.17. The topological polar surface area (TPSA) is 50.4 Å². The third kappa shape index (κ3) is 6.97. The van der Waals surface area contributed by atoms with Crippen LogP contribution in [0.1, 0.15) is 47.0 Å². The second-order valence-electron chi connectivity index (χ2n) is 5.96. The summed E-state index contributed by atoms with van der Waals surface area (Å²) in [5.41, 5.74) is 0.277. The average Bonchev–Trinajstić information content (AvgIpc) is 2.36. The smallest absolute Gasteiger partial charge is 0.412 e. The van der Waals surface area contributed by atoms with Gasteiger partial charge in [-0.2, -0.15) is 0 Å². The molecule has 0 spiro atoms. The first-order chi connectivity index (χ1) is 9.81. The molecule has 0 aliphatic rings. The Balaban J connectivity index is 2.63. The van der Waals surface area contributed by atoms with Crippen molar-refractivity contribution >= 4 is 17.5 Å². The second-order valence-corrected chi connectivity index (χ2v) is 5.96. The molecule has 1 aromatic carbocycles. The molecule has 0 unspecified atom stereocenters. The van der Waals surface area contributed by atoms with Crippen LogP contribution in [-0.2, 0) is 4.74 Å². The van der Waals surface area contributed by atoms with E-state index in [1.54, 1.807) is 32.9 Å². The first-order valence-corrected chi connectivity index (χ1v) is 7.35. The molecule has 1 rings (SSSR count). The Morgan fingerprint density at radius 1 is 1.29 bits per heavy atom. The molecular formula is C16H25FN2O2. The lowest BCUT2D eigenvalue weighted by Gasteiger charge is -2.20. The lowest BCUT2D eigenvalue weighted by atomic mass is 10.2. The van der Waals surface area contributed by atoms with E-state index in [0.29, 0.717) is 0 Å². The first-order valence-electron chi connectivity index (χ1n) is 7.35. The standard InChI is InChI=1S/C16H25FN2O2/c1-5-6-7-10-18-12-8-9-13(17)14(11-12)19-15(20)21-16(2,3)4/h8-9,11,18H,5-7,10H2,1-4H3,(H,19,20). The number of benzene rings is 1. The van der Waals surface area contributed by atoms with Crippen LogP contribution in [0.2, 0.25) is 0 Å². The van der Waals surface area contributed by atoms with Crippen molar-refractivity contribution in [1.29, 1.82) is 0 Å². The molecule has 0 aliphatic carbocycles. The summed E-state index contributed by atoms with van der Waals surface area (Å²) >= 11 is 0. The largest absolute Gasteiger partial charge is 0.444 e. The van der Waals surface area contributed by atoms with Gasteiger partial charge in [-0.05, 0) is 45.4 Å². The van der Waals surface area contributed by atoms with E-state index in [2.05, 4.69) is 17.6 Å². The molecule has 0 saturated carbocycles. The van der Waals surface area contributed by atoms with Crippen molar-refractivity contribution in [3.05, 3.63) is 24.0 Å². The summed E-state index contributed by atoms with van der Waals surface area (Å²) in [7, 11) is 0. The molecule has 1 amide bonds. The summed E-state index contributed by atoms with van der Waals surface area (Å²) in [5, 5.41) is 5.64.